The number of imidazole rings is 1. The molecule has 1 aromatic rings. The maximum Gasteiger partial charge on any atom is 0.263 e. The summed E-state index contributed by atoms with van der Waals surface area (Å²) >= 11 is 5.94. The SMILES string of the molecule is COCC1CCN(S(=O)(=O)c2ncn(C)c2Cl)C1. The molecule has 0 bridgehead atoms. The Hall–Kier alpha value is -0.630. The fourth-order valence-electron chi connectivity index (χ4n) is 2.08. The lowest BCUT2D eigenvalue weighted by molar-refractivity contribution is 0.157. The Morgan fingerprint density at radius 1 is 1.61 bits per heavy atom. The van der Waals surface area contributed by atoms with Crippen molar-refractivity contribution < 1.29 is 13.2 Å². The molecule has 102 valence electrons. The van der Waals surface area contributed by atoms with E-state index in [9.17, 15) is 8.42 Å². The quantitative estimate of drug-likeness (QED) is 0.821. The van der Waals surface area contributed by atoms with Crippen LogP contribution in [0.5, 0.6) is 0 Å². The summed E-state index contributed by atoms with van der Waals surface area (Å²) in [5.74, 6) is 0.243. The Kier molecular flexibility index (Phi) is 3.96. The first-order chi connectivity index (χ1) is 8.46. The molecular formula is C10H16ClN3O3S. The topological polar surface area (TPSA) is 64.4 Å². The second-order valence-electron chi connectivity index (χ2n) is 4.42. The molecule has 0 aromatic carbocycles. The van der Waals surface area contributed by atoms with Crippen molar-refractivity contribution in [3.63, 3.8) is 0 Å². The van der Waals surface area contributed by atoms with E-state index >= 15 is 0 Å². The summed E-state index contributed by atoms with van der Waals surface area (Å²) in [5.41, 5.74) is 0. The van der Waals surface area contributed by atoms with E-state index in [1.807, 2.05) is 0 Å². The maximum absolute atomic E-state index is 12.3. The normalized spacial score (nSPS) is 21.6. The fourth-order valence-corrected chi connectivity index (χ4v) is 4.00. The zero-order chi connectivity index (χ0) is 13.3. The van der Waals surface area contributed by atoms with Gasteiger partial charge in [-0.2, -0.15) is 4.31 Å². The summed E-state index contributed by atoms with van der Waals surface area (Å²) in [6.07, 6.45) is 2.20. The number of hydrogen-bond donors (Lipinski definition) is 0. The molecule has 0 amide bonds. The summed E-state index contributed by atoms with van der Waals surface area (Å²) in [4.78, 5) is 3.87. The van der Waals surface area contributed by atoms with Crippen LogP contribution in [0.15, 0.2) is 11.4 Å². The molecular weight excluding hydrogens is 278 g/mol. The lowest BCUT2D eigenvalue weighted by atomic mass is 10.1. The van der Waals surface area contributed by atoms with Gasteiger partial charge in [0.15, 0.2) is 0 Å². The van der Waals surface area contributed by atoms with Crippen molar-refractivity contribution in [1.29, 1.82) is 0 Å². The van der Waals surface area contributed by atoms with E-state index in [0.717, 1.165) is 6.42 Å². The van der Waals surface area contributed by atoms with Gasteiger partial charge in [-0.1, -0.05) is 11.6 Å². The van der Waals surface area contributed by atoms with E-state index in [2.05, 4.69) is 4.98 Å². The molecule has 0 saturated carbocycles. The molecule has 1 unspecified atom stereocenters. The number of hydrogen-bond acceptors (Lipinski definition) is 4. The van der Waals surface area contributed by atoms with Crippen LogP contribution in [0, 0.1) is 5.92 Å². The lowest BCUT2D eigenvalue weighted by Gasteiger charge is -2.15. The molecule has 0 spiro atoms. The minimum absolute atomic E-state index is 0.0651. The molecule has 2 rings (SSSR count). The van der Waals surface area contributed by atoms with Crippen LogP contribution in [0.3, 0.4) is 0 Å². The monoisotopic (exact) mass is 293 g/mol. The van der Waals surface area contributed by atoms with Crippen molar-refractivity contribution in [1.82, 2.24) is 13.9 Å². The number of rotatable bonds is 4. The molecule has 1 fully saturated rings. The smallest absolute Gasteiger partial charge is 0.263 e. The van der Waals surface area contributed by atoms with Crippen LogP contribution in [0.4, 0.5) is 0 Å². The van der Waals surface area contributed by atoms with E-state index in [1.165, 1.54) is 15.2 Å². The highest BCUT2D eigenvalue weighted by atomic mass is 35.5. The molecule has 8 heteroatoms. The molecule has 1 aliphatic rings. The molecule has 1 saturated heterocycles. The van der Waals surface area contributed by atoms with Crippen LogP contribution in [0.2, 0.25) is 5.15 Å². The Balaban J connectivity index is 2.20. The standard InChI is InChI=1S/C10H16ClN3O3S/c1-13-7-12-10(9(13)11)18(15,16)14-4-3-8(5-14)6-17-2/h7-8H,3-6H2,1-2H3. The van der Waals surface area contributed by atoms with E-state index in [1.54, 1.807) is 14.2 Å². The number of halogens is 1. The molecule has 0 radical (unpaired) electrons. The zero-order valence-electron chi connectivity index (χ0n) is 10.3. The van der Waals surface area contributed by atoms with Crippen molar-refractivity contribution in [3.05, 3.63) is 11.5 Å². The summed E-state index contributed by atoms with van der Waals surface area (Å²) in [6.45, 7) is 1.52. The molecule has 1 aromatic heterocycles. The third kappa shape index (κ3) is 2.40. The Morgan fingerprint density at radius 2 is 2.33 bits per heavy atom. The van der Waals surface area contributed by atoms with Crippen molar-refractivity contribution in [3.8, 4) is 0 Å². The highest BCUT2D eigenvalue weighted by molar-refractivity contribution is 7.89. The van der Waals surface area contributed by atoms with Crippen LogP contribution in [0.25, 0.3) is 0 Å². The van der Waals surface area contributed by atoms with E-state index in [0.29, 0.717) is 19.7 Å². The first-order valence-electron chi connectivity index (χ1n) is 5.62. The second kappa shape index (κ2) is 5.16. The van der Waals surface area contributed by atoms with Gasteiger partial charge in [0, 0.05) is 27.2 Å². The van der Waals surface area contributed by atoms with Gasteiger partial charge in [-0.3, -0.25) is 0 Å². The molecule has 0 aliphatic carbocycles. The van der Waals surface area contributed by atoms with Crippen LogP contribution < -0.4 is 0 Å². The van der Waals surface area contributed by atoms with E-state index in [4.69, 9.17) is 16.3 Å². The van der Waals surface area contributed by atoms with Crippen LogP contribution in [0.1, 0.15) is 6.42 Å². The number of sulfonamides is 1. The highest BCUT2D eigenvalue weighted by Gasteiger charge is 2.35. The first kappa shape index (κ1) is 13.8. The zero-order valence-corrected chi connectivity index (χ0v) is 11.9. The second-order valence-corrected chi connectivity index (χ2v) is 6.64. The van der Waals surface area contributed by atoms with Gasteiger partial charge < -0.3 is 9.30 Å². The van der Waals surface area contributed by atoms with Crippen LogP contribution in [-0.2, 0) is 21.8 Å². The molecule has 18 heavy (non-hydrogen) atoms. The van der Waals surface area contributed by atoms with Gasteiger partial charge in [-0.05, 0) is 12.3 Å². The Labute approximate surface area is 112 Å². The summed E-state index contributed by atoms with van der Waals surface area (Å²) in [7, 11) is -0.309. The number of aromatic nitrogens is 2. The Bertz CT molecular complexity index is 528. The van der Waals surface area contributed by atoms with Gasteiger partial charge >= 0.3 is 0 Å². The number of methoxy groups -OCH3 is 1. The predicted molar refractivity (Wildman–Crippen MR) is 67.0 cm³/mol. The van der Waals surface area contributed by atoms with Gasteiger partial charge in [-0.25, -0.2) is 13.4 Å². The predicted octanol–water partition coefficient (Wildman–Crippen LogP) is 0.730. The van der Waals surface area contributed by atoms with Gasteiger partial charge in [0.25, 0.3) is 10.0 Å². The first-order valence-corrected chi connectivity index (χ1v) is 7.44. The van der Waals surface area contributed by atoms with Gasteiger partial charge in [0.05, 0.1) is 12.9 Å². The van der Waals surface area contributed by atoms with Crippen LogP contribution in [-0.4, -0.2) is 49.1 Å². The Morgan fingerprint density at radius 3 is 2.89 bits per heavy atom. The molecule has 1 aliphatic heterocycles. The van der Waals surface area contributed by atoms with Gasteiger partial charge in [-0.15, -0.1) is 0 Å². The van der Waals surface area contributed by atoms with E-state index in [-0.39, 0.29) is 16.1 Å². The van der Waals surface area contributed by atoms with Gasteiger partial charge in [0.2, 0.25) is 5.03 Å². The average molecular weight is 294 g/mol. The summed E-state index contributed by atoms with van der Waals surface area (Å²) in [5, 5.41) is 0.0786. The molecule has 2 heterocycles. The van der Waals surface area contributed by atoms with Gasteiger partial charge in [0.1, 0.15) is 5.15 Å². The van der Waals surface area contributed by atoms with Crippen molar-refractivity contribution in [2.75, 3.05) is 26.8 Å². The van der Waals surface area contributed by atoms with Crippen molar-refractivity contribution in [2.45, 2.75) is 11.4 Å². The van der Waals surface area contributed by atoms with E-state index < -0.39 is 10.0 Å². The molecule has 6 nitrogen and oxygen atoms in total. The number of nitrogens with zero attached hydrogens (tertiary/aromatic N) is 3. The maximum atomic E-state index is 12.3. The lowest BCUT2D eigenvalue weighted by Crippen LogP contribution is -2.30. The minimum Gasteiger partial charge on any atom is -0.384 e. The molecule has 1 atom stereocenters. The average Bonchev–Trinajstić information content (AvgIpc) is 2.89. The fraction of sp³-hybridized carbons (Fsp3) is 0.700. The summed E-state index contributed by atoms with van der Waals surface area (Å²) < 4.78 is 32.6. The van der Waals surface area contributed by atoms with Crippen molar-refractivity contribution in [2.24, 2.45) is 13.0 Å². The van der Waals surface area contributed by atoms with Crippen molar-refractivity contribution >= 4 is 21.6 Å². The minimum atomic E-state index is -3.59. The highest BCUT2D eigenvalue weighted by Crippen LogP contribution is 2.27. The molecule has 0 N–H and O–H groups in total. The largest absolute Gasteiger partial charge is 0.384 e. The number of aryl methyl sites for hydroxylation is 1. The summed E-state index contributed by atoms with van der Waals surface area (Å²) in [6, 6.07) is 0. The third-order valence-electron chi connectivity index (χ3n) is 3.07. The number of ether oxygens (including phenoxy) is 1. The van der Waals surface area contributed by atoms with Crippen LogP contribution >= 0.6 is 11.6 Å². The third-order valence-corrected chi connectivity index (χ3v) is 5.43.